The predicted molar refractivity (Wildman–Crippen MR) is 108 cm³/mol. The molecule has 6 nitrogen and oxygen atoms in total. The zero-order chi connectivity index (χ0) is 22.2. The van der Waals surface area contributed by atoms with Crippen molar-refractivity contribution in [2.75, 3.05) is 7.11 Å². The second kappa shape index (κ2) is 7.99. The van der Waals surface area contributed by atoms with Gasteiger partial charge in [0.05, 0.1) is 30.1 Å². The molecule has 9 heteroatoms. The molecule has 1 N–H and O–H groups in total. The first-order chi connectivity index (χ1) is 14.8. The zero-order valence-electron chi connectivity index (χ0n) is 16.8. The molecule has 2 heterocycles. The lowest BCUT2D eigenvalue weighted by Gasteiger charge is -2.14. The summed E-state index contributed by atoms with van der Waals surface area (Å²) in [5.41, 5.74) is 2.60. The van der Waals surface area contributed by atoms with Gasteiger partial charge in [-0.1, -0.05) is 23.4 Å². The highest BCUT2D eigenvalue weighted by Crippen LogP contribution is 2.31. The zero-order valence-corrected chi connectivity index (χ0v) is 16.8. The fourth-order valence-corrected chi connectivity index (χ4v) is 3.44. The number of hydrogen-bond acceptors (Lipinski definition) is 5. The van der Waals surface area contributed by atoms with Crippen LogP contribution < -0.4 is 4.74 Å². The standard InChI is InChI=1S/C22H19F3N4O2/c1-29-19(12-26-28-29)20(30)14-5-8-18-15(10-14)11-16(21(27-18)31-2)9-13-3-6-17(7-4-13)22(23,24)25/h3-8,10-12,20,30H,9H2,1-2H3. The number of aliphatic hydroxyl groups excluding tert-OH is 1. The third-order valence-corrected chi connectivity index (χ3v) is 5.09. The lowest BCUT2D eigenvalue weighted by molar-refractivity contribution is -0.137. The summed E-state index contributed by atoms with van der Waals surface area (Å²) in [6, 6.07) is 12.2. The van der Waals surface area contributed by atoms with Crippen LogP contribution >= 0.6 is 0 Å². The van der Waals surface area contributed by atoms with E-state index in [1.807, 2.05) is 12.1 Å². The summed E-state index contributed by atoms with van der Waals surface area (Å²) < 4.78 is 45.3. The number of pyridine rings is 1. The molecule has 2 aromatic carbocycles. The van der Waals surface area contributed by atoms with E-state index in [0.29, 0.717) is 34.6 Å². The number of hydrogen-bond donors (Lipinski definition) is 1. The quantitative estimate of drug-likeness (QED) is 0.519. The van der Waals surface area contributed by atoms with Crippen LogP contribution in [0.3, 0.4) is 0 Å². The van der Waals surface area contributed by atoms with Crippen LogP contribution in [0.15, 0.2) is 54.7 Å². The molecular formula is C22H19F3N4O2. The summed E-state index contributed by atoms with van der Waals surface area (Å²) in [5.74, 6) is 0.400. The van der Waals surface area contributed by atoms with Crippen LogP contribution in [0.5, 0.6) is 5.88 Å². The molecule has 0 radical (unpaired) electrons. The molecule has 1 unspecified atom stereocenters. The highest BCUT2D eigenvalue weighted by atomic mass is 19.4. The maximum Gasteiger partial charge on any atom is 0.416 e. The normalized spacial score (nSPS) is 12.8. The van der Waals surface area contributed by atoms with Gasteiger partial charge in [0.15, 0.2) is 0 Å². The summed E-state index contributed by atoms with van der Waals surface area (Å²) in [6.07, 6.45) is -3.44. The molecule has 0 bridgehead atoms. The van der Waals surface area contributed by atoms with E-state index >= 15 is 0 Å². The van der Waals surface area contributed by atoms with Crippen LogP contribution in [0.2, 0.25) is 0 Å². The molecule has 160 valence electrons. The number of methoxy groups -OCH3 is 1. The SMILES string of the molecule is COc1nc2ccc(C(O)c3cnnn3C)cc2cc1Cc1ccc(C(F)(F)F)cc1. The number of rotatable bonds is 5. The molecule has 0 aliphatic rings. The summed E-state index contributed by atoms with van der Waals surface area (Å²) >= 11 is 0. The molecule has 2 aromatic heterocycles. The average molecular weight is 428 g/mol. The number of aryl methyl sites for hydroxylation is 1. The lowest BCUT2D eigenvalue weighted by atomic mass is 10.00. The molecular weight excluding hydrogens is 409 g/mol. The first-order valence-electron chi connectivity index (χ1n) is 9.42. The van der Waals surface area contributed by atoms with E-state index < -0.39 is 17.8 Å². The van der Waals surface area contributed by atoms with Gasteiger partial charge in [-0.05, 0) is 41.5 Å². The van der Waals surface area contributed by atoms with E-state index in [4.69, 9.17) is 4.74 Å². The fourth-order valence-electron chi connectivity index (χ4n) is 3.44. The van der Waals surface area contributed by atoms with Crippen molar-refractivity contribution in [3.63, 3.8) is 0 Å². The number of benzene rings is 2. The number of halogens is 3. The van der Waals surface area contributed by atoms with Crippen molar-refractivity contribution < 1.29 is 23.0 Å². The minimum Gasteiger partial charge on any atom is -0.481 e. The highest BCUT2D eigenvalue weighted by molar-refractivity contribution is 5.81. The average Bonchev–Trinajstić information content (AvgIpc) is 3.18. The van der Waals surface area contributed by atoms with Crippen molar-refractivity contribution in [3.8, 4) is 5.88 Å². The Labute approximate surface area is 175 Å². The number of fused-ring (bicyclic) bond motifs is 1. The third-order valence-electron chi connectivity index (χ3n) is 5.09. The number of ether oxygens (including phenoxy) is 1. The summed E-state index contributed by atoms with van der Waals surface area (Å²) in [4.78, 5) is 4.51. The Hall–Kier alpha value is -3.46. The maximum absolute atomic E-state index is 12.8. The van der Waals surface area contributed by atoms with Crippen molar-refractivity contribution in [1.29, 1.82) is 0 Å². The van der Waals surface area contributed by atoms with Gasteiger partial charge in [0.2, 0.25) is 5.88 Å². The molecule has 4 rings (SSSR count). The molecule has 4 aromatic rings. The fraction of sp³-hybridized carbons (Fsp3) is 0.227. The van der Waals surface area contributed by atoms with Gasteiger partial charge in [-0.3, -0.25) is 0 Å². The van der Waals surface area contributed by atoms with Crippen LogP contribution in [-0.2, 0) is 19.6 Å². The minimum absolute atomic E-state index is 0.350. The van der Waals surface area contributed by atoms with E-state index in [-0.39, 0.29) is 0 Å². The van der Waals surface area contributed by atoms with Crippen LogP contribution in [0.25, 0.3) is 10.9 Å². The van der Waals surface area contributed by atoms with Gasteiger partial charge in [0.1, 0.15) is 6.10 Å². The van der Waals surface area contributed by atoms with Crippen LogP contribution in [-0.4, -0.2) is 32.2 Å². The Kier molecular flexibility index (Phi) is 5.36. The van der Waals surface area contributed by atoms with Gasteiger partial charge in [-0.2, -0.15) is 13.2 Å². The monoisotopic (exact) mass is 428 g/mol. The van der Waals surface area contributed by atoms with Gasteiger partial charge < -0.3 is 9.84 Å². The molecule has 0 amide bonds. The third kappa shape index (κ3) is 4.22. The van der Waals surface area contributed by atoms with Gasteiger partial charge >= 0.3 is 6.18 Å². The van der Waals surface area contributed by atoms with Gasteiger partial charge in [0.25, 0.3) is 0 Å². The Balaban J connectivity index is 1.68. The lowest BCUT2D eigenvalue weighted by Crippen LogP contribution is -2.07. The van der Waals surface area contributed by atoms with Gasteiger partial charge in [-0.25, -0.2) is 9.67 Å². The van der Waals surface area contributed by atoms with E-state index in [0.717, 1.165) is 23.1 Å². The second-order valence-corrected chi connectivity index (χ2v) is 7.17. The predicted octanol–water partition coefficient (Wildman–Crippen LogP) is 4.06. The Bertz CT molecular complexity index is 1220. The van der Waals surface area contributed by atoms with E-state index in [1.165, 1.54) is 30.1 Å². The Morgan fingerprint density at radius 1 is 1.10 bits per heavy atom. The van der Waals surface area contributed by atoms with Crippen molar-refractivity contribution in [1.82, 2.24) is 20.0 Å². The maximum atomic E-state index is 12.8. The summed E-state index contributed by atoms with van der Waals surface area (Å²) in [6.45, 7) is 0. The second-order valence-electron chi connectivity index (χ2n) is 7.17. The van der Waals surface area contributed by atoms with E-state index in [2.05, 4.69) is 15.3 Å². The molecule has 0 saturated carbocycles. The molecule has 0 fully saturated rings. The summed E-state index contributed by atoms with van der Waals surface area (Å²) in [5, 5.41) is 19.1. The first-order valence-corrected chi connectivity index (χ1v) is 9.42. The van der Waals surface area contributed by atoms with E-state index in [1.54, 1.807) is 19.2 Å². The van der Waals surface area contributed by atoms with Crippen LogP contribution in [0.1, 0.15) is 34.1 Å². The minimum atomic E-state index is -4.37. The van der Waals surface area contributed by atoms with E-state index in [9.17, 15) is 18.3 Å². The first kappa shape index (κ1) is 20.8. The molecule has 0 saturated heterocycles. The van der Waals surface area contributed by atoms with Crippen LogP contribution in [0.4, 0.5) is 13.2 Å². The Morgan fingerprint density at radius 2 is 1.84 bits per heavy atom. The largest absolute Gasteiger partial charge is 0.481 e. The number of aliphatic hydroxyl groups is 1. The molecule has 1 atom stereocenters. The van der Waals surface area contributed by atoms with Gasteiger partial charge in [-0.15, -0.1) is 5.10 Å². The topological polar surface area (TPSA) is 73.1 Å². The highest BCUT2D eigenvalue weighted by Gasteiger charge is 2.30. The smallest absolute Gasteiger partial charge is 0.416 e. The molecule has 31 heavy (non-hydrogen) atoms. The van der Waals surface area contributed by atoms with Crippen molar-refractivity contribution in [2.45, 2.75) is 18.7 Å². The number of nitrogens with zero attached hydrogens (tertiary/aromatic N) is 4. The van der Waals surface area contributed by atoms with Crippen LogP contribution in [0, 0.1) is 0 Å². The van der Waals surface area contributed by atoms with Crippen molar-refractivity contribution in [2.24, 2.45) is 7.05 Å². The molecule has 0 aliphatic carbocycles. The summed E-state index contributed by atoms with van der Waals surface area (Å²) in [7, 11) is 3.19. The molecule has 0 spiro atoms. The van der Waals surface area contributed by atoms with Gasteiger partial charge in [0, 0.05) is 24.4 Å². The number of alkyl halides is 3. The van der Waals surface area contributed by atoms with Crippen molar-refractivity contribution >= 4 is 10.9 Å². The van der Waals surface area contributed by atoms with Crippen molar-refractivity contribution in [3.05, 3.63) is 82.7 Å². The number of aromatic nitrogens is 4. The molecule has 0 aliphatic heterocycles. The Morgan fingerprint density at radius 3 is 2.45 bits per heavy atom.